The molecule has 2 heterocycles. The largest absolute Gasteiger partial charge is 0.375 e. The number of carbonyl (C=O) groups excluding carboxylic acids is 1. The van der Waals surface area contributed by atoms with E-state index in [1.54, 1.807) is 0 Å². The highest BCUT2D eigenvalue weighted by molar-refractivity contribution is 7.16. The molecule has 0 radical (unpaired) electrons. The van der Waals surface area contributed by atoms with Gasteiger partial charge in [0.05, 0.1) is 30.0 Å². The molecule has 1 N–H and O–H groups in total. The van der Waals surface area contributed by atoms with Crippen LogP contribution < -0.4 is 5.32 Å². The van der Waals surface area contributed by atoms with Gasteiger partial charge in [0.25, 0.3) is 0 Å². The number of hydrogen-bond donors (Lipinski definition) is 1. The molecule has 106 valence electrons. The fraction of sp³-hybridized carbons (Fsp3) is 0.615. The predicted molar refractivity (Wildman–Crippen MR) is 77.6 cm³/mol. The van der Waals surface area contributed by atoms with E-state index in [1.807, 2.05) is 24.0 Å². The molecule has 0 saturated carbocycles. The lowest BCUT2D eigenvalue weighted by Crippen LogP contribution is -2.42. The second-order valence-corrected chi connectivity index (χ2v) is 6.31. The van der Waals surface area contributed by atoms with Crippen molar-refractivity contribution in [1.29, 1.82) is 0 Å². The first-order chi connectivity index (χ1) is 9.19. The molecule has 1 saturated heterocycles. The van der Waals surface area contributed by atoms with Gasteiger partial charge in [-0.3, -0.25) is 4.79 Å². The van der Waals surface area contributed by atoms with E-state index in [1.165, 1.54) is 11.3 Å². The second kappa shape index (κ2) is 7.24. The van der Waals surface area contributed by atoms with Crippen LogP contribution in [0.25, 0.3) is 0 Å². The highest BCUT2D eigenvalue weighted by Crippen LogP contribution is 2.23. The molecule has 0 aromatic carbocycles. The molecule has 19 heavy (non-hydrogen) atoms. The van der Waals surface area contributed by atoms with Crippen molar-refractivity contribution in [3.05, 3.63) is 21.3 Å². The summed E-state index contributed by atoms with van der Waals surface area (Å²) in [6.07, 6.45) is 0.446. The topological polar surface area (TPSA) is 41.6 Å². The zero-order valence-corrected chi connectivity index (χ0v) is 12.6. The van der Waals surface area contributed by atoms with Crippen LogP contribution in [0.15, 0.2) is 12.1 Å². The van der Waals surface area contributed by atoms with Crippen molar-refractivity contribution >= 4 is 28.8 Å². The van der Waals surface area contributed by atoms with Crippen LogP contribution >= 0.6 is 22.9 Å². The summed E-state index contributed by atoms with van der Waals surface area (Å²) in [6.45, 7) is 5.64. The standard InChI is InChI=1S/C13H19ClN2O2S/c1-2-16(9-11-3-4-12(14)19-11)13(17)7-10-8-15-5-6-18-10/h3-4,10,15H,2,5-9H2,1H3. The molecule has 1 unspecified atom stereocenters. The number of hydrogen-bond acceptors (Lipinski definition) is 4. The SMILES string of the molecule is CCN(Cc1ccc(Cl)s1)C(=O)CC1CNCCO1. The minimum atomic E-state index is 0.00206. The Bertz CT molecular complexity index is 419. The van der Waals surface area contributed by atoms with Gasteiger partial charge in [-0.05, 0) is 19.1 Å². The van der Waals surface area contributed by atoms with Crippen molar-refractivity contribution in [2.45, 2.75) is 26.0 Å². The van der Waals surface area contributed by atoms with Gasteiger partial charge in [-0.1, -0.05) is 11.6 Å². The van der Waals surface area contributed by atoms with E-state index in [9.17, 15) is 4.79 Å². The number of nitrogens with one attached hydrogen (secondary N) is 1. The highest BCUT2D eigenvalue weighted by Gasteiger charge is 2.21. The van der Waals surface area contributed by atoms with Crippen LogP contribution in [0.1, 0.15) is 18.2 Å². The van der Waals surface area contributed by atoms with E-state index in [0.717, 1.165) is 22.3 Å². The Morgan fingerprint density at radius 3 is 3.05 bits per heavy atom. The smallest absolute Gasteiger partial charge is 0.225 e. The van der Waals surface area contributed by atoms with Crippen molar-refractivity contribution < 1.29 is 9.53 Å². The number of carbonyl (C=O) groups is 1. The molecular weight excluding hydrogens is 284 g/mol. The van der Waals surface area contributed by atoms with Crippen LogP contribution in [0.5, 0.6) is 0 Å². The summed E-state index contributed by atoms with van der Waals surface area (Å²) < 4.78 is 6.33. The van der Waals surface area contributed by atoms with E-state index in [4.69, 9.17) is 16.3 Å². The zero-order chi connectivity index (χ0) is 13.7. The molecule has 1 aliphatic rings. The van der Waals surface area contributed by atoms with Gasteiger partial charge in [-0.25, -0.2) is 0 Å². The van der Waals surface area contributed by atoms with Crippen LogP contribution in [0.2, 0.25) is 4.34 Å². The molecule has 4 nitrogen and oxygen atoms in total. The van der Waals surface area contributed by atoms with E-state index >= 15 is 0 Å². The van der Waals surface area contributed by atoms with Gasteiger partial charge in [0.1, 0.15) is 0 Å². The minimum Gasteiger partial charge on any atom is -0.375 e. The Hall–Kier alpha value is -0.620. The number of amides is 1. The Morgan fingerprint density at radius 1 is 1.63 bits per heavy atom. The monoisotopic (exact) mass is 302 g/mol. The summed E-state index contributed by atoms with van der Waals surface area (Å²) in [5, 5.41) is 3.24. The first-order valence-corrected chi connectivity index (χ1v) is 7.72. The van der Waals surface area contributed by atoms with Crippen molar-refractivity contribution in [3.8, 4) is 0 Å². The van der Waals surface area contributed by atoms with Crippen molar-refractivity contribution in [2.24, 2.45) is 0 Å². The molecule has 2 rings (SSSR count). The normalized spacial score (nSPS) is 19.4. The fourth-order valence-corrected chi connectivity index (χ4v) is 3.18. The first-order valence-electron chi connectivity index (χ1n) is 6.53. The Morgan fingerprint density at radius 2 is 2.47 bits per heavy atom. The molecule has 1 aliphatic heterocycles. The van der Waals surface area contributed by atoms with Gasteiger partial charge in [-0.2, -0.15) is 0 Å². The van der Waals surface area contributed by atoms with Crippen molar-refractivity contribution in [3.63, 3.8) is 0 Å². The van der Waals surface area contributed by atoms with Crippen LogP contribution in [-0.2, 0) is 16.1 Å². The van der Waals surface area contributed by atoms with E-state index in [0.29, 0.717) is 26.1 Å². The maximum atomic E-state index is 12.2. The summed E-state index contributed by atoms with van der Waals surface area (Å²) in [5.41, 5.74) is 0. The molecule has 6 heteroatoms. The number of nitrogens with zero attached hydrogens (tertiary/aromatic N) is 1. The Balaban J connectivity index is 1.87. The van der Waals surface area contributed by atoms with Crippen molar-refractivity contribution in [1.82, 2.24) is 10.2 Å². The predicted octanol–water partition coefficient (Wildman–Crippen LogP) is 2.13. The third-order valence-corrected chi connectivity index (χ3v) is 4.33. The average molecular weight is 303 g/mol. The number of morpholine rings is 1. The number of rotatable bonds is 5. The molecule has 1 amide bonds. The molecule has 1 fully saturated rings. The number of halogens is 1. The molecule has 0 spiro atoms. The summed E-state index contributed by atoms with van der Waals surface area (Å²) in [4.78, 5) is 15.2. The first kappa shape index (κ1) is 14.8. The third kappa shape index (κ3) is 4.45. The van der Waals surface area contributed by atoms with Crippen molar-refractivity contribution in [2.75, 3.05) is 26.2 Å². The molecular formula is C13H19ClN2O2S. The van der Waals surface area contributed by atoms with E-state index in [2.05, 4.69) is 5.32 Å². The van der Waals surface area contributed by atoms with Crippen LogP contribution in [0.3, 0.4) is 0 Å². The molecule has 0 aliphatic carbocycles. The maximum absolute atomic E-state index is 12.2. The highest BCUT2D eigenvalue weighted by atomic mass is 35.5. The third-order valence-electron chi connectivity index (χ3n) is 3.12. The lowest BCUT2D eigenvalue weighted by molar-refractivity contribution is -0.135. The average Bonchev–Trinajstić information content (AvgIpc) is 2.82. The lowest BCUT2D eigenvalue weighted by atomic mass is 10.2. The van der Waals surface area contributed by atoms with E-state index < -0.39 is 0 Å². The summed E-state index contributed by atoms with van der Waals surface area (Å²) in [5.74, 6) is 0.140. The van der Waals surface area contributed by atoms with Gasteiger partial charge in [0.2, 0.25) is 5.91 Å². The van der Waals surface area contributed by atoms with E-state index in [-0.39, 0.29) is 12.0 Å². The molecule has 0 bridgehead atoms. The minimum absolute atomic E-state index is 0.00206. The summed E-state index contributed by atoms with van der Waals surface area (Å²) in [6, 6.07) is 3.84. The second-order valence-electron chi connectivity index (χ2n) is 4.51. The van der Waals surface area contributed by atoms with Gasteiger partial charge in [-0.15, -0.1) is 11.3 Å². The summed E-state index contributed by atoms with van der Waals surface area (Å²) in [7, 11) is 0. The van der Waals surface area contributed by atoms with Gasteiger partial charge < -0.3 is 15.0 Å². The zero-order valence-electron chi connectivity index (χ0n) is 11.0. The molecule has 1 atom stereocenters. The lowest BCUT2D eigenvalue weighted by Gasteiger charge is -2.26. The summed E-state index contributed by atoms with van der Waals surface area (Å²) >= 11 is 7.43. The quantitative estimate of drug-likeness (QED) is 0.906. The Kier molecular flexibility index (Phi) is 5.63. The van der Waals surface area contributed by atoms with Gasteiger partial charge in [0.15, 0.2) is 0 Å². The molecule has 1 aromatic heterocycles. The molecule has 1 aromatic rings. The fourth-order valence-electron chi connectivity index (χ4n) is 2.08. The number of ether oxygens (including phenoxy) is 1. The van der Waals surface area contributed by atoms with Crippen LogP contribution in [-0.4, -0.2) is 43.2 Å². The van der Waals surface area contributed by atoms with Gasteiger partial charge >= 0.3 is 0 Å². The number of thiophene rings is 1. The van der Waals surface area contributed by atoms with Crippen LogP contribution in [0, 0.1) is 0 Å². The Labute approximate surface area is 122 Å². The van der Waals surface area contributed by atoms with Crippen LogP contribution in [0.4, 0.5) is 0 Å². The maximum Gasteiger partial charge on any atom is 0.225 e. The van der Waals surface area contributed by atoms with Gasteiger partial charge in [0, 0.05) is 24.5 Å².